The van der Waals surface area contributed by atoms with Crippen molar-refractivity contribution in [2.75, 3.05) is 5.88 Å². The number of rotatable bonds is 6. The molecule has 112 valence electrons. The summed E-state index contributed by atoms with van der Waals surface area (Å²) in [5.74, 6) is -0.689. The van der Waals surface area contributed by atoms with Crippen molar-refractivity contribution in [3.05, 3.63) is 12.2 Å². The number of cyclic esters (lactones) is 1. The first-order chi connectivity index (χ1) is 9.49. The fourth-order valence-corrected chi connectivity index (χ4v) is 3.60. The fraction of sp³-hybridized carbons (Fsp3) is 0.733. The molecule has 1 heterocycles. The average Bonchev–Trinajstić information content (AvgIpc) is 2.43. The van der Waals surface area contributed by atoms with E-state index >= 15 is 0 Å². The fourth-order valence-electron chi connectivity index (χ4n) is 3.38. The van der Waals surface area contributed by atoms with Crippen molar-refractivity contribution < 1.29 is 14.3 Å². The summed E-state index contributed by atoms with van der Waals surface area (Å²) in [6.07, 6.45) is 8.87. The first-order valence-electron chi connectivity index (χ1n) is 7.24. The van der Waals surface area contributed by atoms with Gasteiger partial charge in [0.25, 0.3) is 0 Å². The van der Waals surface area contributed by atoms with E-state index in [-0.39, 0.29) is 11.9 Å². The molecule has 1 amide bonds. The van der Waals surface area contributed by atoms with Crippen LogP contribution in [-0.2, 0) is 14.3 Å². The number of carbonyl (C=O) groups excluding carboxylic acids is 2. The minimum atomic E-state index is -0.789. The van der Waals surface area contributed by atoms with E-state index in [2.05, 4.69) is 12.2 Å². The lowest BCUT2D eigenvalue weighted by atomic mass is 9.68. The van der Waals surface area contributed by atoms with Gasteiger partial charge in [-0.1, -0.05) is 12.2 Å². The Hall–Kier alpha value is -1.03. The second-order valence-electron chi connectivity index (χ2n) is 5.94. The molecule has 0 aromatic carbocycles. The zero-order valence-electron chi connectivity index (χ0n) is 11.8. The number of carbonyl (C=O) groups is 2. The van der Waals surface area contributed by atoms with E-state index in [4.69, 9.17) is 22.1 Å². The van der Waals surface area contributed by atoms with Gasteiger partial charge in [-0.05, 0) is 44.9 Å². The third-order valence-corrected chi connectivity index (χ3v) is 4.84. The normalized spacial score (nSPS) is 34.2. The van der Waals surface area contributed by atoms with Crippen LogP contribution in [0.1, 0.15) is 39.0 Å². The molecule has 1 aliphatic heterocycles. The van der Waals surface area contributed by atoms with E-state index in [0.717, 1.165) is 25.7 Å². The van der Waals surface area contributed by atoms with Crippen LogP contribution in [-0.4, -0.2) is 23.4 Å². The van der Waals surface area contributed by atoms with E-state index in [1.807, 2.05) is 6.92 Å². The maximum absolute atomic E-state index is 11.8. The Labute approximate surface area is 124 Å². The summed E-state index contributed by atoms with van der Waals surface area (Å²) in [6.45, 7) is 1.81. The van der Waals surface area contributed by atoms with Crippen LogP contribution in [0.15, 0.2) is 12.2 Å². The number of hydrogen-bond acceptors (Lipinski definition) is 3. The zero-order chi connectivity index (χ0) is 14.8. The summed E-state index contributed by atoms with van der Waals surface area (Å²) in [5.41, 5.74) is 4.67. The number of primary amides is 1. The van der Waals surface area contributed by atoms with Crippen LogP contribution in [0.2, 0.25) is 0 Å². The largest absolute Gasteiger partial charge is 0.457 e. The number of halogens is 1. The molecule has 0 aromatic rings. The van der Waals surface area contributed by atoms with Crippen LogP contribution in [0.3, 0.4) is 0 Å². The molecule has 3 unspecified atom stereocenters. The monoisotopic (exact) mass is 299 g/mol. The molecule has 2 rings (SSSR count). The van der Waals surface area contributed by atoms with Crippen LogP contribution in [0.4, 0.5) is 0 Å². The second-order valence-corrected chi connectivity index (χ2v) is 6.32. The van der Waals surface area contributed by atoms with Crippen LogP contribution in [0.5, 0.6) is 0 Å². The highest BCUT2D eigenvalue weighted by Gasteiger charge is 2.59. The molecule has 1 aliphatic carbocycles. The first-order valence-corrected chi connectivity index (χ1v) is 7.77. The molecule has 4 nitrogen and oxygen atoms in total. The molecule has 0 bridgehead atoms. The molecule has 2 N–H and O–H groups in total. The maximum atomic E-state index is 11.8. The minimum absolute atomic E-state index is 0.215. The molecule has 5 heteroatoms. The molecule has 0 radical (unpaired) electrons. The summed E-state index contributed by atoms with van der Waals surface area (Å²) in [5, 5.41) is 0. The van der Waals surface area contributed by atoms with Gasteiger partial charge in [-0.2, -0.15) is 0 Å². The second kappa shape index (κ2) is 6.17. The van der Waals surface area contributed by atoms with E-state index in [0.29, 0.717) is 18.2 Å². The summed E-state index contributed by atoms with van der Waals surface area (Å²) >= 11 is 5.74. The lowest BCUT2D eigenvalue weighted by molar-refractivity contribution is -0.223. The topological polar surface area (TPSA) is 69.4 Å². The number of allylic oxidation sites excluding steroid dienone is 2. The van der Waals surface area contributed by atoms with Gasteiger partial charge in [-0.25, -0.2) is 0 Å². The number of alkyl halides is 1. The number of hydrogen-bond donors (Lipinski definition) is 1. The summed E-state index contributed by atoms with van der Waals surface area (Å²) in [4.78, 5) is 23.5. The van der Waals surface area contributed by atoms with Gasteiger partial charge in [0, 0.05) is 5.88 Å². The molecule has 2 aliphatic rings. The summed E-state index contributed by atoms with van der Waals surface area (Å²) in [7, 11) is 0. The van der Waals surface area contributed by atoms with Crippen molar-refractivity contribution in [1.29, 1.82) is 0 Å². The Balaban J connectivity index is 2.09. The van der Waals surface area contributed by atoms with Crippen LogP contribution in [0, 0.1) is 17.8 Å². The lowest BCUT2D eigenvalue weighted by Gasteiger charge is -2.49. The van der Waals surface area contributed by atoms with Crippen molar-refractivity contribution in [1.82, 2.24) is 0 Å². The standard InChI is InChI=1S/C15H22ClNO3/c1-15(11(7-8-16)13(17)18)12(14(19)20-15)9-10-5-3-2-4-6-10/h3,5,10-12H,2,4,6-9H2,1H3,(H2,17,18)/t10?,11?,12?,15-/m0/s1. The number of esters is 1. The SMILES string of the molecule is C[C@@]1(C(CCCl)C(N)=O)OC(=O)C1CC1C=CCCC1. The first kappa shape index (κ1) is 15.4. The Kier molecular flexibility index (Phi) is 4.74. The maximum Gasteiger partial charge on any atom is 0.313 e. The molecular weight excluding hydrogens is 278 g/mol. The summed E-state index contributed by atoms with van der Waals surface area (Å²) in [6, 6.07) is 0. The quantitative estimate of drug-likeness (QED) is 0.465. The Morgan fingerprint density at radius 1 is 1.65 bits per heavy atom. The van der Waals surface area contributed by atoms with Crippen molar-refractivity contribution >= 4 is 23.5 Å². The molecule has 0 spiro atoms. The van der Waals surface area contributed by atoms with Gasteiger partial charge in [-0.15, -0.1) is 11.6 Å². The van der Waals surface area contributed by atoms with Gasteiger partial charge in [0.2, 0.25) is 5.91 Å². The average molecular weight is 300 g/mol. The third-order valence-electron chi connectivity index (χ3n) is 4.62. The van der Waals surface area contributed by atoms with Crippen molar-refractivity contribution in [2.45, 2.75) is 44.6 Å². The van der Waals surface area contributed by atoms with Crippen LogP contribution in [0.25, 0.3) is 0 Å². The summed E-state index contributed by atoms with van der Waals surface area (Å²) < 4.78 is 5.33. The smallest absolute Gasteiger partial charge is 0.313 e. The van der Waals surface area contributed by atoms with Crippen LogP contribution >= 0.6 is 11.6 Å². The number of nitrogens with two attached hydrogens (primary N) is 1. The van der Waals surface area contributed by atoms with Gasteiger partial charge < -0.3 is 10.5 Å². The minimum Gasteiger partial charge on any atom is -0.457 e. The van der Waals surface area contributed by atoms with E-state index in [1.54, 1.807) is 0 Å². The molecule has 4 atom stereocenters. The Morgan fingerprint density at radius 3 is 2.90 bits per heavy atom. The highest BCUT2D eigenvalue weighted by atomic mass is 35.5. The molecular formula is C15H22ClNO3. The predicted molar refractivity (Wildman–Crippen MR) is 77.1 cm³/mol. The molecule has 1 fully saturated rings. The van der Waals surface area contributed by atoms with Crippen LogP contribution < -0.4 is 5.73 Å². The van der Waals surface area contributed by atoms with Gasteiger partial charge in [0.15, 0.2) is 0 Å². The highest BCUT2D eigenvalue weighted by molar-refractivity contribution is 6.18. The van der Waals surface area contributed by atoms with E-state index < -0.39 is 17.4 Å². The van der Waals surface area contributed by atoms with Gasteiger partial charge in [-0.3, -0.25) is 9.59 Å². The van der Waals surface area contributed by atoms with Crippen molar-refractivity contribution in [2.24, 2.45) is 23.5 Å². The van der Waals surface area contributed by atoms with Gasteiger partial charge in [0.1, 0.15) is 5.60 Å². The highest BCUT2D eigenvalue weighted by Crippen LogP contribution is 2.46. The van der Waals surface area contributed by atoms with Gasteiger partial charge in [0.05, 0.1) is 11.8 Å². The lowest BCUT2D eigenvalue weighted by Crippen LogP contribution is -2.62. The predicted octanol–water partition coefficient (Wildman–Crippen LogP) is 2.39. The van der Waals surface area contributed by atoms with E-state index in [1.165, 1.54) is 0 Å². The Morgan fingerprint density at radius 2 is 2.40 bits per heavy atom. The Bertz CT molecular complexity index is 423. The molecule has 0 saturated carbocycles. The third kappa shape index (κ3) is 2.85. The number of amides is 1. The molecule has 1 saturated heterocycles. The van der Waals surface area contributed by atoms with E-state index in [9.17, 15) is 9.59 Å². The van der Waals surface area contributed by atoms with Gasteiger partial charge >= 0.3 is 5.97 Å². The molecule has 0 aromatic heterocycles. The zero-order valence-corrected chi connectivity index (χ0v) is 12.6. The van der Waals surface area contributed by atoms with Crippen molar-refractivity contribution in [3.63, 3.8) is 0 Å². The molecule has 20 heavy (non-hydrogen) atoms. The number of ether oxygens (including phenoxy) is 1. The van der Waals surface area contributed by atoms with Crippen molar-refractivity contribution in [3.8, 4) is 0 Å².